The standard InChI is InChI=1S/C11H14N2O/c1-7-3-9(5-12)4-10(8(7)2)11(14)6-13/h3-4,11,14H,6,13H2,1-2H3. The normalized spacial score (nSPS) is 12.2. The molecule has 1 unspecified atom stereocenters. The molecule has 1 aromatic rings. The summed E-state index contributed by atoms with van der Waals surface area (Å²) in [4.78, 5) is 0. The summed E-state index contributed by atoms with van der Waals surface area (Å²) in [7, 11) is 0. The van der Waals surface area contributed by atoms with Gasteiger partial charge in [-0.05, 0) is 42.7 Å². The second kappa shape index (κ2) is 4.23. The molecule has 0 amide bonds. The van der Waals surface area contributed by atoms with E-state index in [1.54, 1.807) is 6.07 Å². The first kappa shape index (κ1) is 10.7. The molecule has 0 saturated heterocycles. The summed E-state index contributed by atoms with van der Waals surface area (Å²) in [6, 6.07) is 5.56. The van der Waals surface area contributed by atoms with Gasteiger partial charge in [0.1, 0.15) is 0 Å². The van der Waals surface area contributed by atoms with E-state index in [1.165, 1.54) is 0 Å². The fourth-order valence-corrected chi connectivity index (χ4v) is 1.42. The topological polar surface area (TPSA) is 70.0 Å². The largest absolute Gasteiger partial charge is 0.387 e. The summed E-state index contributed by atoms with van der Waals surface area (Å²) in [5.74, 6) is 0. The maximum Gasteiger partial charge on any atom is 0.0991 e. The molecule has 0 aliphatic heterocycles. The van der Waals surface area contributed by atoms with Crippen LogP contribution in [-0.2, 0) is 0 Å². The molecule has 3 nitrogen and oxygen atoms in total. The quantitative estimate of drug-likeness (QED) is 0.735. The van der Waals surface area contributed by atoms with Crippen LogP contribution in [0.15, 0.2) is 12.1 Å². The summed E-state index contributed by atoms with van der Waals surface area (Å²) < 4.78 is 0. The molecule has 74 valence electrons. The molecular formula is C11H14N2O. The number of nitriles is 1. The number of hydrogen-bond acceptors (Lipinski definition) is 3. The molecule has 1 rings (SSSR count). The van der Waals surface area contributed by atoms with Gasteiger partial charge in [0.05, 0.1) is 17.7 Å². The molecular weight excluding hydrogens is 176 g/mol. The minimum absolute atomic E-state index is 0.176. The van der Waals surface area contributed by atoms with Crippen LogP contribution in [0.25, 0.3) is 0 Å². The van der Waals surface area contributed by atoms with Gasteiger partial charge in [-0.25, -0.2) is 0 Å². The maximum atomic E-state index is 9.62. The van der Waals surface area contributed by atoms with Crippen molar-refractivity contribution in [1.29, 1.82) is 5.26 Å². The minimum atomic E-state index is -0.679. The predicted octanol–water partition coefficient (Wildman–Crippen LogP) is 1.17. The smallest absolute Gasteiger partial charge is 0.0991 e. The number of nitrogens with zero attached hydrogens (tertiary/aromatic N) is 1. The molecule has 0 aromatic heterocycles. The number of aliphatic hydroxyl groups excluding tert-OH is 1. The summed E-state index contributed by atoms with van der Waals surface area (Å²) >= 11 is 0. The van der Waals surface area contributed by atoms with Gasteiger partial charge in [0.15, 0.2) is 0 Å². The number of nitrogens with two attached hydrogens (primary N) is 1. The molecule has 1 atom stereocenters. The Labute approximate surface area is 83.8 Å². The highest BCUT2D eigenvalue weighted by Gasteiger charge is 2.11. The van der Waals surface area contributed by atoms with Gasteiger partial charge in [0, 0.05) is 6.54 Å². The van der Waals surface area contributed by atoms with Gasteiger partial charge in [-0.2, -0.15) is 5.26 Å². The zero-order valence-electron chi connectivity index (χ0n) is 8.41. The van der Waals surface area contributed by atoms with E-state index in [4.69, 9.17) is 11.0 Å². The van der Waals surface area contributed by atoms with Crippen LogP contribution in [0.1, 0.15) is 28.4 Å². The summed E-state index contributed by atoms with van der Waals surface area (Å²) in [5, 5.41) is 18.4. The average Bonchev–Trinajstić information content (AvgIpc) is 2.20. The Bertz CT molecular complexity index is 380. The molecule has 14 heavy (non-hydrogen) atoms. The van der Waals surface area contributed by atoms with Crippen molar-refractivity contribution in [2.24, 2.45) is 5.73 Å². The Hall–Kier alpha value is -1.37. The third-order valence-corrected chi connectivity index (χ3v) is 2.42. The summed E-state index contributed by atoms with van der Waals surface area (Å²) in [6.07, 6.45) is -0.679. The van der Waals surface area contributed by atoms with Gasteiger partial charge in [-0.1, -0.05) is 0 Å². The Morgan fingerprint density at radius 3 is 2.64 bits per heavy atom. The van der Waals surface area contributed by atoms with Crippen molar-refractivity contribution in [3.8, 4) is 6.07 Å². The summed E-state index contributed by atoms with van der Waals surface area (Å²) in [6.45, 7) is 4.02. The second-order valence-electron chi connectivity index (χ2n) is 3.37. The van der Waals surface area contributed by atoms with Crippen molar-refractivity contribution in [2.75, 3.05) is 6.54 Å². The number of benzene rings is 1. The first-order chi connectivity index (χ1) is 6.60. The SMILES string of the molecule is Cc1cc(C#N)cc(C(O)CN)c1C. The molecule has 0 saturated carbocycles. The lowest BCUT2D eigenvalue weighted by Gasteiger charge is -2.13. The van der Waals surface area contributed by atoms with E-state index >= 15 is 0 Å². The lowest BCUT2D eigenvalue weighted by molar-refractivity contribution is 0.186. The average molecular weight is 190 g/mol. The molecule has 3 N–H and O–H groups in total. The van der Waals surface area contributed by atoms with Gasteiger partial charge in [0.2, 0.25) is 0 Å². The third kappa shape index (κ3) is 1.92. The monoisotopic (exact) mass is 190 g/mol. The fourth-order valence-electron chi connectivity index (χ4n) is 1.42. The van der Waals surface area contributed by atoms with Crippen LogP contribution < -0.4 is 5.73 Å². The van der Waals surface area contributed by atoms with Crippen molar-refractivity contribution in [3.05, 3.63) is 34.4 Å². The highest BCUT2D eigenvalue weighted by atomic mass is 16.3. The molecule has 3 heteroatoms. The van der Waals surface area contributed by atoms with Gasteiger partial charge in [-0.15, -0.1) is 0 Å². The fraction of sp³-hybridized carbons (Fsp3) is 0.364. The first-order valence-electron chi connectivity index (χ1n) is 4.49. The molecule has 0 spiro atoms. The molecule has 0 aliphatic carbocycles. The van der Waals surface area contributed by atoms with E-state index in [1.807, 2.05) is 19.9 Å². The number of aliphatic hydroxyl groups is 1. The maximum absolute atomic E-state index is 9.62. The van der Waals surface area contributed by atoms with Crippen LogP contribution in [0.5, 0.6) is 0 Å². The van der Waals surface area contributed by atoms with Crippen LogP contribution in [-0.4, -0.2) is 11.7 Å². The van der Waals surface area contributed by atoms with Gasteiger partial charge < -0.3 is 10.8 Å². The van der Waals surface area contributed by atoms with E-state index in [0.29, 0.717) is 5.56 Å². The Balaban J connectivity index is 3.28. The van der Waals surface area contributed by atoms with Crippen molar-refractivity contribution in [2.45, 2.75) is 20.0 Å². The van der Waals surface area contributed by atoms with Gasteiger partial charge in [0.25, 0.3) is 0 Å². The van der Waals surface area contributed by atoms with Crippen molar-refractivity contribution >= 4 is 0 Å². The summed E-state index contributed by atoms with van der Waals surface area (Å²) in [5.41, 5.74) is 8.71. The molecule has 0 fully saturated rings. The molecule has 0 aliphatic rings. The van der Waals surface area contributed by atoms with Crippen LogP contribution >= 0.6 is 0 Å². The van der Waals surface area contributed by atoms with E-state index in [-0.39, 0.29) is 6.54 Å². The van der Waals surface area contributed by atoms with E-state index in [9.17, 15) is 5.11 Å². The molecule has 0 radical (unpaired) electrons. The highest BCUT2D eigenvalue weighted by molar-refractivity contribution is 5.43. The number of rotatable bonds is 2. The minimum Gasteiger partial charge on any atom is -0.387 e. The van der Waals surface area contributed by atoms with Crippen molar-refractivity contribution in [3.63, 3.8) is 0 Å². The molecule has 1 aromatic carbocycles. The van der Waals surface area contributed by atoms with E-state index in [0.717, 1.165) is 16.7 Å². The lowest BCUT2D eigenvalue weighted by atomic mass is 9.96. The van der Waals surface area contributed by atoms with E-state index < -0.39 is 6.10 Å². The van der Waals surface area contributed by atoms with Crippen LogP contribution in [0.4, 0.5) is 0 Å². The second-order valence-corrected chi connectivity index (χ2v) is 3.37. The Morgan fingerprint density at radius 1 is 1.50 bits per heavy atom. The predicted molar refractivity (Wildman–Crippen MR) is 54.6 cm³/mol. The first-order valence-corrected chi connectivity index (χ1v) is 4.49. The number of hydrogen-bond donors (Lipinski definition) is 2. The van der Waals surface area contributed by atoms with Crippen LogP contribution in [0.2, 0.25) is 0 Å². The van der Waals surface area contributed by atoms with Crippen molar-refractivity contribution < 1.29 is 5.11 Å². The Morgan fingerprint density at radius 2 is 2.14 bits per heavy atom. The van der Waals surface area contributed by atoms with Crippen LogP contribution in [0.3, 0.4) is 0 Å². The van der Waals surface area contributed by atoms with Crippen molar-refractivity contribution in [1.82, 2.24) is 0 Å². The zero-order chi connectivity index (χ0) is 10.7. The Kier molecular flexibility index (Phi) is 3.23. The molecule has 0 bridgehead atoms. The third-order valence-electron chi connectivity index (χ3n) is 2.42. The zero-order valence-corrected chi connectivity index (χ0v) is 8.41. The lowest BCUT2D eigenvalue weighted by Crippen LogP contribution is -2.13. The van der Waals surface area contributed by atoms with Gasteiger partial charge >= 0.3 is 0 Å². The number of aryl methyl sites for hydroxylation is 1. The van der Waals surface area contributed by atoms with Gasteiger partial charge in [-0.3, -0.25) is 0 Å². The van der Waals surface area contributed by atoms with E-state index in [2.05, 4.69) is 6.07 Å². The van der Waals surface area contributed by atoms with Crippen LogP contribution in [0, 0.1) is 25.2 Å². The highest BCUT2D eigenvalue weighted by Crippen LogP contribution is 2.21. The molecule has 0 heterocycles.